The number of aliphatic hydroxyl groups is 1. The largest absolute Gasteiger partial charge is 0.395 e. The second kappa shape index (κ2) is 7.11. The molecule has 1 rings (SSSR count). The molecule has 4 nitrogen and oxygen atoms in total. The third kappa shape index (κ3) is 4.88. The number of rotatable bonds is 7. The standard InChI is InChI=1S/C9H16ClN3OS/c1-2-3-4-13(5-6-14)7-8-11-12-9(10)15-8/h14H,2-7H2,1H3. The minimum Gasteiger partial charge on any atom is -0.395 e. The number of halogens is 1. The number of aliphatic hydroxyl groups excluding tert-OH is 1. The minimum atomic E-state index is 0.177. The van der Waals surface area contributed by atoms with Gasteiger partial charge in [0, 0.05) is 6.54 Å². The van der Waals surface area contributed by atoms with E-state index >= 15 is 0 Å². The Balaban J connectivity index is 2.42. The molecule has 0 radical (unpaired) electrons. The molecular formula is C9H16ClN3OS. The Kier molecular flexibility index (Phi) is 6.09. The van der Waals surface area contributed by atoms with Crippen LogP contribution in [0.15, 0.2) is 0 Å². The van der Waals surface area contributed by atoms with Crippen LogP contribution in [0, 0.1) is 0 Å². The lowest BCUT2D eigenvalue weighted by atomic mass is 10.3. The Bertz CT molecular complexity index is 282. The van der Waals surface area contributed by atoms with Gasteiger partial charge in [0.1, 0.15) is 5.01 Å². The van der Waals surface area contributed by atoms with E-state index in [0.717, 1.165) is 30.9 Å². The molecule has 15 heavy (non-hydrogen) atoms. The van der Waals surface area contributed by atoms with Crippen molar-refractivity contribution in [2.24, 2.45) is 0 Å². The maximum atomic E-state index is 8.92. The summed E-state index contributed by atoms with van der Waals surface area (Å²) in [5.41, 5.74) is 0. The normalized spacial score (nSPS) is 11.2. The van der Waals surface area contributed by atoms with E-state index < -0.39 is 0 Å². The zero-order chi connectivity index (χ0) is 11.1. The molecule has 86 valence electrons. The smallest absolute Gasteiger partial charge is 0.207 e. The maximum absolute atomic E-state index is 8.92. The molecule has 0 bridgehead atoms. The van der Waals surface area contributed by atoms with Gasteiger partial charge >= 0.3 is 0 Å². The van der Waals surface area contributed by atoms with Gasteiger partial charge in [-0.1, -0.05) is 24.7 Å². The Morgan fingerprint density at radius 1 is 1.40 bits per heavy atom. The summed E-state index contributed by atoms with van der Waals surface area (Å²) >= 11 is 7.10. The molecule has 1 N–H and O–H groups in total. The molecule has 0 aromatic carbocycles. The van der Waals surface area contributed by atoms with Gasteiger partial charge in [-0.15, -0.1) is 10.2 Å². The Labute approximate surface area is 98.9 Å². The first-order chi connectivity index (χ1) is 7.26. The van der Waals surface area contributed by atoms with Crippen LogP contribution in [0.25, 0.3) is 0 Å². The van der Waals surface area contributed by atoms with Gasteiger partial charge in [-0.05, 0) is 24.6 Å². The average Bonchev–Trinajstić information content (AvgIpc) is 2.61. The number of hydrogen-bond donors (Lipinski definition) is 1. The van der Waals surface area contributed by atoms with Crippen molar-refractivity contribution in [2.75, 3.05) is 19.7 Å². The highest BCUT2D eigenvalue weighted by atomic mass is 35.5. The highest BCUT2D eigenvalue weighted by Crippen LogP contribution is 2.16. The molecule has 0 unspecified atom stereocenters. The van der Waals surface area contributed by atoms with Crippen molar-refractivity contribution in [3.05, 3.63) is 9.47 Å². The van der Waals surface area contributed by atoms with E-state index in [0.29, 0.717) is 11.0 Å². The number of hydrogen-bond acceptors (Lipinski definition) is 5. The summed E-state index contributed by atoms with van der Waals surface area (Å²) in [7, 11) is 0. The quantitative estimate of drug-likeness (QED) is 0.801. The van der Waals surface area contributed by atoms with Crippen LogP contribution in [-0.4, -0.2) is 39.9 Å². The molecule has 0 atom stereocenters. The summed E-state index contributed by atoms with van der Waals surface area (Å²) < 4.78 is 0.476. The number of nitrogens with zero attached hydrogens (tertiary/aromatic N) is 3. The topological polar surface area (TPSA) is 49.2 Å². The Morgan fingerprint density at radius 2 is 2.20 bits per heavy atom. The van der Waals surface area contributed by atoms with Gasteiger partial charge in [0.25, 0.3) is 0 Å². The third-order valence-electron chi connectivity index (χ3n) is 2.05. The van der Waals surface area contributed by atoms with Gasteiger partial charge in [-0.3, -0.25) is 4.90 Å². The molecule has 0 aliphatic carbocycles. The van der Waals surface area contributed by atoms with E-state index in [9.17, 15) is 0 Å². The zero-order valence-corrected chi connectivity index (χ0v) is 10.4. The minimum absolute atomic E-state index is 0.177. The molecular weight excluding hydrogens is 234 g/mol. The van der Waals surface area contributed by atoms with Crippen LogP contribution in [0.1, 0.15) is 24.8 Å². The van der Waals surface area contributed by atoms with Crippen LogP contribution in [0.2, 0.25) is 4.47 Å². The summed E-state index contributed by atoms with van der Waals surface area (Å²) in [6.45, 7) is 4.71. The molecule has 1 aromatic heterocycles. The Morgan fingerprint density at radius 3 is 2.73 bits per heavy atom. The lowest BCUT2D eigenvalue weighted by Crippen LogP contribution is -2.27. The van der Waals surface area contributed by atoms with Crippen molar-refractivity contribution >= 4 is 22.9 Å². The Hall–Kier alpha value is -0.230. The van der Waals surface area contributed by atoms with Crippen LogP contribution >= 0.6 is 22.9 Å². The number of unbranched alkanes of at least 4 members (excludes halogenated alkanes) is 1. The van der Waals surface area contributed by atoms with Gasteiger partial charge in [-0.2, -0.15) is 0 Å². The highest BCUT2D eigenvalue weighted by Gasteiger charge is 2.08. The van der Waals surface area contributed by atoms with Crippen molar-refractivity contribution in [2.45, 2.75) is 26.3 Å². The maximum Gasteiger partial charge on any atom is 0.207 e. The van der Waals surface area contributed by atoms with Crippen molar-refractivity contribution < 1.29 is 5.11 Å². The first-order valence-electron chi connectivity index (χ1n) is 5.07. The summed E-state index contributed by atoms with van der Waals surface area (Å²) in [5.74, 6) is 0. The first-order valence-corrected chi connectivity index (χ1v) is 6.26. The fourth-order valence-electron chi connectivity index (χ4n) is 1.28. The first kappa shape index (κ1) is 12.8. The van der Waals surface area contributed by atoms with Crippen molar-refractivity contribution in [1.29, 1.82) is 0 Å². The summed E-state index contributed by atoms with van der Waals surface area (Å²) in [6, 6.07) is 0. The molecule has 1 heterocycles. The van der Waals surface area contributed by atoms with Crippen LogP contribution in [-0.2, 0) is 6.54 Å². The molecule has 0 spiro atoms. The SMILES string of the molecule is CCCCN(CCO)Cc1nnc(Cl)s1. The molecule has 0 saturated heterocycles. The molecule has 0 saturated carbocycles. The zero-order valence-electron chi connectivity index (χ0n) is 8.82. The van der Waals surface area contributed by atoms with E-state index in [1.165, 1.54) is 11.3 Å². The van der Waals surface area contributed by atoms with Gasteiger partial charge in [0.15, 0.2) is 0 Å². The van der Waals surface area contributed by atoms with E-state index in [2.05, 4.69) is 22.0 Å². The molecule has 0 aliphatic rings. The highest BCUT2D eigenvalue weighted by molar-refractivity contribution is 7.15. The average molecular weight is 250 g/mol. The molecule has 1 aromatic rings. The monoisotopic (exact) mass is 249 g/mol. The van der Waals surface area contributed by atoms with Crippen molar-refractivity contribution in [3.8, 4) is 0 Å². The van der Waals surface area contributed by atoms with Gasteiger partial charge in [0.05, 0.1) is 13.2 Å². The van der Waals surface area contributed by atoms with E-state index in [1.54, 1.807) is 0 Å². The second-order valence-corrected chi connectivity index (χ2v) is 4.95. The van der Waals surface area contributed by atoms with Crippen LogP contribution in [0.4, 0.5) is 0 Å². The third-order valence-corrected chi connectivity index (χ3v) is 3.05. The molecule has 0 amide bonds. The lowest BCUT2D eigenvalue weighted by molar-refractivity contribution is 0.188. The second-order valence-electron chi connectivity index (χ2n) is 3.30. The van der Waals surface area contributed by atoms with Crippen molar-refractivity contribution in [1.82, 2.24) is 15.1 Å². The van der Waals surface area contributed by atoms with Crippen LogP contribution in [0.3, 0.4) is 0 Å². The fraction of sp³-hybridized carbons (Fsp3) is 0.778. The van der Waals surface area contributed by atoms with E-state index in [-0.39, 0.29) is 6.61 Å². The van der Waals surface area contributed by atoms with E-state index in [4.69, 9.17) is 16.7 Å². The molecule has 0 aliphatic heterocycles. The van der Waals surface area contributed by atoms with Crippen LogP contribution < -0.4 is 0 Å². The van der Waals surface area contributed by atoms with Gasteiger partial charge < -0.3 is 5.11 Å². The molecule has 6 heteroatoms. The summed E-state index contributed by atoms with van der Waals surface area (Å²) in [6.07, 6.45) is 2.28. The number of aromatic nitrogens is 2. The predicted molar refractivity (Wildman–Crippen MR) is 62.2 cm³/mol. The lowest BCUT2D eigenvalue weighted by Gasteiger charge is -2.18. The predicted octanol–water partition coefficient (Wildman–Crippen LogP) is 1.79. The van der Waals surface area contributed by atoms with Crippen molar-refractivity contribution in [3.63, 3.8) is 0 Å². The molecule has 0 fully saturated rings. The van der Waals surface area contributed by atoms with Crippen LogP contribution in [0.5, 0.6) is 0 Å². The van der Waals surface area contributed by atoms with Gasteiger partial charge in [0.2, 0.25) is 4.47 Å². The fourth-order valence-corrected chi connectivity index (χ4v) is 2.19. The van der Waals surface area contributed by atoms with Gasteiger partial charge in [-0.25, -0.2) is 0 Å². The van der Waals surface area contributed by atoms with E-state index in [1.807, 2.05) is 0 Å². The summed E-state index contributed by atoms with van der Waals surface area (Å²) in [5, 5.41) is 17.5. The summed E-state index contributed by atoms with van der Waals surface area (Å²) in [4.78, 5) is 2.17.